The lowest BCUT2D eigenvalue weighted by Crippen LogP contribution is -2.19. The van der Waals surface area contributed by atoms with E-state index in [0.717, 1.165) is 12.0 Å². The van der Waals surface area contributed by atoms with Crippen LogP contribution >= 0.6 is 0 Å². The van der Waals surface area contributed by atoms with E-state index in [4.69, 9.17) is 0 Å². The molecule has 0 aromatic carbocycles. The van der Waals surface area contributed by atoms with Crippen molar-refractivity contribution >= 4 is 0 Å². The van der Waals surface area contributed by atoms with E-state index in [-0.39, 0.29) is 5.88 Å². The Hall–Kier alpha value is -1.26. The van der Waals surface area contributed by atoms with Crippen LogP contribution < -0.4 is 4.74 Å². The van der Waals surface area contributed by atoms with Gasteiger partial charge in [-0.05, 0) is 17.9 Å². The number of rotatable bonds is 4. The molecule has 0 fully saturated rings. The quantitative estimate of drug-likeness (QED) is 0.796. The van der Waals surface area contributed by atoms with E-state index in [2.05, 4.69) is 23.6 Å². The number of halogens is 3. The summed E-state index contributed by atoms with van der Waals surface area (Å²) in [6.45, 7) is 2.83. The zero-order chi connectivity index (χ0) is 12.2. The minimum atomic E-state index is -4.32. The van der Waals surface area contributed by atoms with Crippen LogP contribution in [0.2, 0.25) is 0 Å². The lowest BCUT2D eigenvalue weighted by Gasteiger charge is -2.09. The van der Waals surface area contributed by atoms with Crippen LogP contribution in [0.5, 0.6) is 5.88 Å². The molecule has 1 heterocycles. The van der Waals surface area contributed by atoms with Gasteiger partial charge in [-0.3, -0.25) is 0 Å². The molecular weight excluding hydrogens is 219 g/mol. The standard InChI is InChI=1S/C11H14F3NO/c1-8(2)5-9-3-4-10(15-6-9)16-7-11(12,13)14/h3-4,6,8H,5,7H2,1-2H3. The molecule has 2 nitrogen and oxygen atoms in total. The highest BCUT2D eigenvalue weighted by molar-refractivity contribution is 5.18. The average Bonchev–Trinajstić information content (AvgIpc) is 2.14. The third kappa shape index (κ3) is 5.00. The Balaban J connectivity index is 2.51. The number of nitrogens with zero attached hydrogens (tertiary/aromatic N) is 1. The molecule has 0 saturated heterocycles. The van der Waals surface area contributed by atoms with Gasteiger partial charge < -0.3 is 4.74 Å². The second-order valence-corrected chi connectivity index (χ2v) is 4.01. The van der Waals surface area contributed by atoms with Crippen LogP contribution in [0.4, 0.5) is 13.2 Å². The Kier molecular flexibility index (Phi) is 4.15. The number of hydrogen-bond donors (Lipinski definition) is 0. The summed E-state index contributed by atoms with van der Waals surface area (Å²) >= 11 is 0. The zero-order valence-corrected chi connectivity index (χ0v) is 9.21. The molecule has 5 heteroatoms. The molecule has 0 atom stereocenters. The number of aromatic nitrogens is 1. The fourth-order valence-corrected chi connectivity index (χ4v) is 1.24. The van der Waals surface area contributed by atoms with Crippen molar-refractivity contribution in [2.24, 2.45) is 5.92 Å². The molecule has 1 rings (SSSR count). The molecule has 0 aliphatic carbocycles. The molecule has 0 saturated carbocycles. The Morgan fingerprint density at radius 2 is 2.00 bits per heavy atom. The molecule has 0 amide bonds. The van der Waals surface area contributed by atoms with E-state index in [9.17, 15) is 13.2 Å². The van der Waals surface area contributed by atoms with E-state index in [1.165, 1.54) is 6.07 Å². The summed E-state index contributed by atoms with van der Waals surface area (Å²) in [5.74, 6) is 0.494. The first kappa shape index (κ1) is 12.8. The van der Waals surface area contributed by atoms with E-state index in [1.807, 2.05) is 0 Å². The molecule has 0 aliphatic rings. The molecule has 1 aromatic heterocycles. The van der Waals surface area contributed by atoms with Gasteiger partial charge in [-0.1, -0.05) is 19.9 Å². The van der Waals surface area contributed by atoms with Crippen molar-refractivity contribution < 1.29 is 17.9 Å². The highest BCUT2D eigenvalue weighted by Crippen LogP contribution is 2.17. The number of alkyl halides is 3. The van der Waals surface area contributed by atoms with Gasteiger partial charge in [0.2, 0.25) is 5.88 Å². The van der Waals surface area contributed by atoms with Crippen LogP contribution in [-0.4, -0.2) is 17.8 Å². The Morgan fingerprint density at radius 3 is 2.44 bits per heavy atom. The van der Waals surface area contributed by atoms with Crippen molar-refractivity contribution in [3.05, 3.63) is 23.9 Å². The third-order valence-electron chi connectivity index (χ3n) is 1.83. The van der Waals surface area contributed by atoms with Gasteiger partial charge in [0.25, 0.3) is 0 Å². The maximum absolute atomic E-state index is 11.8. The third-order valence-corrected chi connectivity index (χ3v) is 1.83. The van der Waals surface area contributed by atoms with Gasteiger partial charge in [0, 0.05) is 12.3 Å². The normalized spacial score (nSPS) is 11.9. The number of hydrogen-bond acceptors (Lipinski definition) is 2. The molecule has 0 spiro atoms. The fourth-order valence-electron chi connectivity index (χ4n) is 1.24. The second kappa shape index (κ2) is 5.18. The highest BCUT2D eigenvalue weighted by Gasteiger charge is 2.28. The van der Waals surface area contributed by atoms with Gasteiger partial charge in [0.15, 0.2) is 6.61 Å². The lowest BCUT2D eigenvalue weighted by atomic mass is 10.1. The minimum absolute atomic E-state index is 0.00447. The van der Waals surface area contributed by atoms with Crippen molar-refractivity contribution in [3.63, 3.8) is 0 Å². The molecule has 0 aliphatic heterocycles. The smallest absolute Gasteiger partial charge is 0.422 e. The summed E-state index contributed by atoms with van der Waals surface area (Å²) in [4.78, 5) is 3.81. The van der Waals surface area contributed by atoms with Gasteiger partial charge in [-0.15, -0.1) is 0 Å². The van der Waals surface area contributed by atoms with Crippen molar-refractivity contribution in [3.8, 4) is 5.88 Å². The van der Waals surface area contributed by atoms with E-state index in [1.54, 1.807) is 12.3 Å². The van der Waals surface area contributed by atoms with Gasteiger partial charge in [0.1, 0.15) is 0 Å². The van der Waals surface area contributed by atoms with Crippen molar-refractivity contribution in [1.82, 2.24) is 4.98 Å². The first-order valence-corrected chi connectivity index (χ1v) is 5.01. The largest absolute Gasteiger partial charge is 0.468 e. The molecule has 0 unspecified atom stereocenters. The van der Waals surface area contributed by atoms with Crippen LogP contribution in [0.25, 0.3) is 0 Å². The Labute approximate surface area is 92.5 Å². The van der Waals surface area contributed by atoms with Crippen LogP contribution in [0.1, 0.15) is 19.4 Å². The number of ether oxygens (including phenoxy) is 1. The van der Waals surface area contributed by atoms with Crippen molar-refractivity contribution in [1.29, 1.82) is 0 Å². The number of pyridine rings is 1. The molecular formula is C11H14F3NO. The van der Waals surface area contributed by atoms with E-state index >= 15 is 0 Å². The molecule has 0 N–H and O–H groups in total. The molecule has 90 valence electrons. The van der Waals surface area contributed by atoms with E-state index in [0.29, 0.717) is 5.92 Å². The summed E-state index contributed by atoms with van der Waals surface area (Å²) in [5.41, 5.74) is 0.995. The van der Waals surface area contributed by atoms with Crippen LogP contribution in [-0.2, 0) is 6.42 Å². The summed E-state index contributed by atoms with van der Waals surface area (Å²) in [7, 11) is 0. The van der Waals surface area contributed by atoms with E-state index < -0.39 is 12.8 Å². The summed E-state index contributed by atoms with van der Waals surface area (Å²) < 4.78 is 40.0. The first-order chi connectivity index (χ1) is 7.37. The van der Waals surface area contributed by atoms with Crippen LogP contribution in [0.15, 0.2) is 18.3 Å². The minimum Gasteiger partial charge on any atom is -0.468 e. The Bertz CT molecular complexity index is 319. The van der Waals surface area contributed by atoms with Crippen molar-refractivity contribution in [2.45, 2.75) is 26.4 Å². The summed E-state index contributed by atoms with van der Waals surface area (Å²) in [6.07, 6.45) is -1.92. The van der Waals surface area contributed by atoms with Gasteiger partial charge >= 0.3 is 6.18 Å². The highest BCUT2D eigenvalue weighted by atomic mass is 19.4. The molecule has 0 radical (unpaired) electrons. The molecule has 0 bridgehead atoms. The zero-order valence-electron chi connectivity index (χ0n) is 9.21. The fraction of sp³-hybridized carbons (Fsp3) is 0.545. The average molecular weight is 233 g/mol. The predicted octanol–water partition coefficient (Wildman–Crippen LogP) is 3.22. The maximum Gasteiger partial charge on any atom is 0.422 e. The van der Waals surface area contributed by atoms with Gasteiger partial charge in [-0.2, -0.15) is 13.2 Å². The summed E-state index contributed by atoms with van der Waals surface area (Å²) in [6, 6.07) is 3.20. The maximum atomic E-state index is 11.8. The van der Waals surface area contributed by atoms with Crippen molar-refractivity contribution in [2.75, 3.05) is 6.61 Å². The van der Waals surface area contributed by atoms with Crippen LogP contribution in [0.3, 0.4) is 0 Å². The topological polar surface area (TPSA) is 22.1 Å². The molecule has 1 aromatic rings. The SMILES string of the molecule is CC(C)Cc1ccc(OCC(F)(F)F)nc1. The van der Waals surface area contributed by atoms with Gasteiger partial charge in [-0.25, -0.2) is 4.98 Å². The predicted molar refractivity (Wildman–Crippen MR) is 54.3 cm³/mol. The van der Waals surface area contributed by atoms with Gasteiger partial charge in [0.05, 0.1) is 0 Å². The van der Waals surface area contributed by atoms with Crippen LogP contribution in [0, 0.1) is 5.92 Å². The first-order valence-electron chi connectivity index (χ1n) is 5.01. The molecule has 16 heavy (non-hydrogen) atoms. The monoisotopic (exact) mass is 233 g/mol. The Morgan fingerprint density at radius 1 is 1.31 bits per heavy atom. The summed E-state index contributed by atoms with van der Waals surface area (Å²) in [5, 5.41) is 0. The second-order valence-electron chi connectivity index (χ2n) is 4.01. The lowest BCUT2D eigenvalue weighted by molar-refractivity contribution is -0.154.